The summed E-state index contributed by atoms with van der Waals surface area (Å²) in [6.45, 7) is 1.31. The van der Waals surface area contributed by atoms with Crippen molar-refractivity contribution in [1.29, 1.82) is 5.26 Å². The van der Waals surface area contributed by atoms with Crippen LogP contribution in [0.15, 0.2) is 12.3 Å². The van der Waals surface area contributed by atoms with E-state index in [9.17, 15) is 4.79 Å². The van der Waals surface area contributed by atoms with Crippen molar-refractivity contribution in [2.24, 2.45) is 5.92 Å². The molecule has 1 unspecified atom stereocenters. The first-order valence-corrected chi connectivity index (χ1v) is 5.81. The molecule has 0 N–H and O–H groups in total. The normalized spacial score (nSPS) is 19.1. The number of anilines is 1. The van der Waals surface area contributed by atoms with E-state index in [2.05, 4.69) is 16.3 Å². The maximum Gasteiger partial charge on any atom is 0.310 e. The van der Waals surface area contributed by atoms with Crippen LogP contribution < -0.4 is 4.90 Å². The summed E-state index contributed by atoms with van der Waals surface area (Å²) in [4.78, 5) is 13.5. The Hall–Kier alpha value is -2.16. The van der Waals surface area contributed by atoms with Gasteiger partial charge in [-0.3, -0.25) is 4.79 Å². The molecule has 1 aromatic rings. The van der Waals surface area contributed by atoms with Crippen molar-refractivity contribution in [2.45, 2.75) is 12.8 Å². The predicted octanol–water partition coefficient (Wildman–Crippen LogP) is 0.738. The molecule has 1 saturated heterocycles. The topological polar surface area (TPSA) is 79.1 Å². The van der Waals surface area contributed by atoms with Crippen LogP contribution in [0.4, 0.5) is 5.82 Å². The molecule has 0 aromatic carbocycles. The van der Waals surface area contributed by atoms with Crippen LogP contribution in [0.3, 0.4) is 0 Å². The van der Waals surface area contributed by atoms with E-state index in [0.717, 1.165) is 19.4 Å². The third kappa shape index (κ3) is 2.40. The fraction of sp³-hybridized carbons (Fsp3) is 0.500. The molecule has 2 rings (SSSR count). The lowest BCUT2D eigenvalue weighted by Crippen LogP contribution is -2.40. The number of esters is 1. The van der Waals surface area contributed by atoms with Gasteiger partial charge in [-0.15, -0.1) is 5.10 Å². The molecular formula is C12H14N4O2. The Kier molecular flexibility index (Phi) is 3.72. The molecule has 6 heteroatoms. The van der Waals surface area contributed by atoms with Gasteiger partial charge in [0.25, 0.3) is 0 Å². The Morgan fingerprint density at radius 2 is 2.50 bits per heavy atom. The van der Waals surface area contributed by atoms with Crippen LogP contribution in [-0.4, -0.2) is 36.4 Å². The first kappa shape index (κ1) is 12.3. The van der Waals surface area contributed by atoms with E-state index in [-0.39, 0.29) is 11.9 Å². The van der Waals surface area contributed by atoms with E-state index in [1.54, 1.807) is 6.07 Å². The summed E-state index contributed by atoms with van der Waals surface area (Å²) in [6, 6.07) is 3.72. The summed E-state index contributed by atoms with van der Waals surface area (Å²) in [5.74, 6) is 0.188. The number of aromatic nitrogens is 2. The molecule has 1 aliphatic heterocycles. The highest BCUT2D eigenvalue weighted by molar-refractivity contribution is 5.73. The van der Waals surface area contributed by atoms with Crippen LogP contribution in [0.5, 0.6) is 0 Å². The predicted molar refractivity (Wildman–Crippen MR) is 63.7 cm³/mol. The summed E-state index contributed by atoms with van der Waals surface area (Å²) in [5, 5.41) is 16.8. The molecule has 18 heavy (non-hydrogen) atoms. The van der Waals surface area contributed by atoms with Crippen LogP contribution in [0.25, 0.3) is 0 Å². The molecule has 1 atom stereocenters. The van der Waals surface area contributed by atoms with Crippen LogP contribution in [-0.2, 0) is 9.53 Å². The number of piperidine rings is 1. The summed E-state index contributed by atoms with van der Waals surface area (Å²) in [7, 11) is 1.39. The number of carbonyl (C=O) groups is 1. The van der Waals surface area contributed by atoms with Gasteiger partial charge in [0, 0.05) is 13.1 Å². The smallest absolute Gasteiger partial charge is 0.310 e. The highest BCUT2D eigenvalue weighted by atomic mass is 16.5. The second-order valence-electron chi connectivity index (χ2n) is 4.19. The second kappa shape index (κ2) is 5.45. The fourth-order valence-electron chi connectivity index (χ4n) is 2.17. The van der Waals surface area contributed by atoms with Crippen LogP contribution >= 0.6 is 0 Å². The molecule has 2 heterocycles. The molecule has 0 spiro atoms. The van der Waals surface area contributed by atoms with E-state index in [1.165, 1.54) is 13.3 Å². The maximum atomic E-state index is 11.5. The lowest BCUT2D eigenvalue weighted by atomic mass is 9.98. The molecule has 1 fully saturated rings. The van der Waals surface area contributed by atoms with Crippen LogP contribution in [0, 0.1) is 17.2 Å². The Morgan fingerprint density at radius 3 is 3.22 bits per heavy atom. The van der Waals surface area contributed by atoms with Gasteiger partial charge in [-0.2, -0.15) is 10.4 Å². The summed E-state index contributed by atoms with van der Waals surface area (Å²) >= 11 is 0. The molecule has 0 aliphatic carbocycles. The zero-order chi connectivity index (χ0) is 13.0. The largest absolute Gasteiger partial charge is 0.469 e. The van der Waals surface area contributed by atoms with E-state index in [0.29, 0.717) is 17.9 Å². The molecule has 0 bridgehead atoms. The van der Waals surface area contributed by atoms with Gasteiger partial charge in [0.05, 0.1) is 24.8 Å². The zero-order valence-corrected chi connectivity index (χ0v) is 10.2. The third-order valence-electron chi connectivity index (χ3n) is 3.08. The number of methoxy groups -OCH3 is 1. The number of nitrogens with zero attached hydrogens (tertiary/aromatic N) is 4. The SMILES string of the molecule is COC(=O)C1CCCN(c2nnccc2C#N)C1. The number of hydrogen-bond donors (Lipinski definition) is 0. The van der Waals surface area contributed by atoms with E-state index < -0.39 is 0 Å². The fourth-order valence-corrected chi connectivity index (χ4v) is 2.17. The highest BCUT2D eigenvalue weighted by Gasteiger charge is 2.28. The Balaban J connectivity index is 2.18. The second-order valence-corrected chi connectivity index (χ2v) is 4.19. The summed E-state index contributed by atoms with van der Waals surface area (Å²) in [6.07, 6.45) is 3.18. The van der Waals surface area contributed by atoms with Crippen LogP contribution in [0.1, 0.15) is 18.4 Å². The number of hydrogen-bond acceptors (Lipinski definition) is 6. The van der Waals surface area contributed by atoms with Gasteiger partial charge in [0.15, 0.2) is 5.82 Å². The lowest BCUT2D eigenvalue weighted by Gasteiger charge is -2.32. The standard InChI is InChI=1S/C12H14N4O2/c1-18-12(17)10-3-2-6-16(8-10)11-9(7-13)4-5-14-15-11/h4-5,10H,2-3,6,8H2,1H3. The van der Waals surface area contributed by atoms with Crippen LogP contribution in [0.2, 0.25) is 0 Å². The van der Waals surface area contributed by atoms with Gasteiger partial charge >= 0.3 is 5.97 Å². The molecular weight excluding hydrogens is 232 g/mol. The number of ether oxygens (including phenoxy) is 1. The van der Waals surface area contributed by atoms with Crippen molar-refractivity contribution in [1.82, 2.24) is 10.2 Å². The van der Waals surface area contributed by atoms with Gasteiger partial charge in [-0.05, 0) is 18.9 Å². The Labute approximate surface area is 105 Å². The summed E-state index contributed by atoms with van der Waals surface area (Å²) < 4.78 is 4.76. The average Bonchev–Trinajstić information content (AvgIpc) is 2.46. The lowest BCUT2D eigenvalue weighted by molar-refractivity contribution is -0.145. The number of carbonyl (C=O) groups excluding carboxylic acids is 1. The number of nitriles is 1. The molecule has 6 nitrogen and oxygen atoms in total. The average molecular weight is 246 g/mol. The van der Waals surface area contributed by atoms with Crippen molar-refractivity contribution < 1.29 is 9.53 Å². The van der Waals surface area contributed by atoms with E-state index >= 15 is 0 Å². The van der Waals surface area contributed by atoms with Crippen molar-refractivity contribution in [3.05, 3.63) is 17.8 Å². The first-order valence-electron chi connectivity index (χ1n) is 5.81. The minimum absolute atomic E-state index is 0.155. The molecule has 0 saturated carbocycles. The molecule has 0 amide bonds. The minimum atomic E-state index is -0.206. The molecule has 1 aliphatic rings. The van der Waals surface area contributed by atoms with Gasteiger partial charge < -0.3 is 9.64 Å². The van der Waals surface area contributed by atoms with E-state index in [4.69, 9.17) is 10.00 Å². The maximum absolute atomic E-state index is 11.5. The van der Waals surface area contributed by atoms with E-state index in [1.807, 2.05) is 4.90 Å². The van der Waals surface area contributed by atoms with Crippen molar-refractivity contribution in [3.63, 3.8) is 0 Å². The van der Waals surface area contributed by atoms with Gasteiger partial charge in [-0.25, -0.2) is 0 Å². The minimum Gasteiger partial charge on any atom is -0.469 e. The van der Waals surface area contributed by atoms with Crippen molar-refractivity contribution in [2.75, 3.05) is 25.1 Å². The van der Waals surface area contributed by atoms with Gasteiger partial charge in [-0.1, -0.05) is 0 Å². The zero-order valence-electron chi connectivity index (χ0n) is 10.2. The number of rotatable bonds is 2. The third-order valence-corrected chi connectivity index (χ3v) is 3.08. The monoisotopic (exact) mass is 246 g/mol. The first-order chi connectivity index (χ1) is 8.76. The Bertz CT molecular complexity index is 483. The van der Waals surface area contributed by atoms with Gasteiger partial charge in [0.1, 0.15) is 6.07 Å². The van der Waals surface area contributed by atoms with Gasteiger partial charge in [0.2, 0.25) is 0 Å². The molecule has 0 radical (unpaired) electrons. The van der Waals surface area contributed by atoms with Crippen molar-refractivity contribution in [3.8, 4) is 6.07 Å². The molecule has 1 aromatic heterocycles. The Morgan fingerprint density at radius 1 is 1.67 bits per heavy atom. The highest BCUT2D eigenvalue weighted by Crippen LogP contribution is 2.24. The quantitative estimate of drug-likeness (QED) is 0.716. The van der Waals surface area contributed by atoms with Crippen molar-refractivity contribution >= 4 is 11.8 Å². The summed E-state index contributed by atoms with van der Waals surface area (Å²) in [5.41, 5.74) is 0.482. The molecule has 94 valence electrons.